The van der Waals surface area contributed by atoms with Crippen LogP contribution in [0.5, 0.6) is 0 Å². The lowest BCUT2D eigenvalue weighted by Crippen LogP contribution is -2.28. The second-order valence-electron chi connectivity index (χ2n) is 2.77. The van der Waals surface area contributed by atoms with Gasteiger partial charge in [0.05, 0.1) is 5.69 Å². The summed E-state index contributed by atoms with van der Waals surface area (Å²) in [6.45, 7) is 4.04. The van der Waals surface area contributed by atoms with Crippen molar-refractivity contribution in [1.29, 1.82) is 0 Å². The first-order chi connectivity index (χ1) is 5.61. The molecule has 0 aliphatic heterocycles. The van der Waals surface area contributed by atoms with E-state index in [9.17, 15) is 9.90 Å². The molecule has 4 heteroatoms. The molecular weight excluding hydrogens is 174 g/mol. The summed E-state index contributed by atoms with van der Waals surface area (Å²) in [5.74, 6) is 0.340. The lowest BCUT2D eigenvalue weighted by molar-refractivity contribution is -0.242. The van der Waals surface area contributed by atoms with Gasteiger partial charge in [0.1, 0.15) is 6.09 Å². The van der Waals surface area contributed by atoms with Gasteiger partial charge in [-0.1, -0.05) is 13.8 Å². The number of anilines is 1. The highest BCUT2D eigenvalue weighted by atomic mass is 32.1. The molecule has 0 bridgehead atoms. The summed E-state index contributed by atoms with van der Waals surface area (Å²) in [6, 6.07) is 1.75. The molecule has 0 aliphatic carbocycles. The zero-order valence-corrected chi connectivity index (χ0v) is 7.77. The molecule has 0 unspecified atom stereocenters. The van der Waals surface area contributed by atoms with E-state index >= 15 is 0 Å². The summed E-state index contributed by atoms with van der Waals surface area (Å²) in [6.07, 6.45) is -1.25. The molecule has 1 heterocycles. The van der Waals surface area contributed by atoms with Gasteiger partial charge in [0.25, 0.3) is 0 Å². The number of carboxylic acid groups (broad SMARTS) is 1. The third kappa shape index (κ3) is 1.98. The molecule has 0 atom stereocenters. The van der Waals surface area contributed by atoms with Crippen molar-refractivity contribution in [2.24, 2.45) is 0 Å². The molecule has 1 aromatic rings. The fraction of sp³-hybridized carbons (Fsp3) is 0.375. The molecule has 0 fully saturated rings. The fourth-order valence-electron chi connectivity index (χ4n) is 0.981. The summed E-state index contributed by atoms with van der Waals surface area (Å²) in [4.78, 5) is 11.3. The van der Waals surface area contributed by atoms with Gasteiger partial charge in [-0.05, 0) is 17.4 Å². The van der Waals surface area contributed by atoms with Crippen LogP contribution in [0, 0.1) is 0 Å². The van der Waals surface area contributed by atoms with Crippen LogP contribution in [0.2, 0.25) is 0 Å². The van der Waals surface area contributed by atoms with Crippen LogP contribution in [0.4, 0.5) is 10.5 Å². The number of amides is 1. The smallest absolute Gasteiger partial charge is 0.138 e. The Balaban J connectivity index is 2.84. The normalized spacial score (nSPS) is 10.2. The number of nitrogens with one attached hydrogen (secondary N) is 1. The Labute approximate surface area is 75.0 Å². The van der Waals surface area contributed by atoms with Crippen LogP contribution >= 0.6 is 11.3 Å². The zero-order valence-electron chi connectivity index (χ0n) is 6.96. The zero-order chi connectivity index (χ0) is 9.14. The fourth-order valence-corrected chi connectivity index (χ4v) is 1.85. The highest BCUT2D eigenvalue weighted by Gasteiger charge is 2.06. The number of thiophene rings is 1. The van der Waals surface area contributed by atoms with Gasteiger partial charge in [-0.3, -0.25) is 0 Å². The maximum atomic E-state index is 10.2. The van der Waals surface area contributed by atoms with E-state index in [1.54, 1.807) is 17.4 Å². The number of hydrogen-bond acceptors (Lipinski definition) is 3. The van der Waals surface area contributed by atoms with Gasteiger partial charge in [-0.15, -0.1) is 11.3 Å². The van der Waals surface area contributed by atoms with Crippen LogP contribution in [0.1, 0.15) is 24.6 Å². The van der Waals surface area contributed by atoms with Gasteiger partial charge in [-0.25, -0.2) is 0 Å². The summed E-state index contributed by atoms with van der Waals surface area (Å²) < 4.78 is 0. The molecule has 0 spiro atoms. The first-order valence-electron chi connectivity index (χ1n) is 3.66. The average molecular weight is 184 g/mol. The maximum Gasteiger partial charge on any atom is 0.138 e. The molecule has 1 amide bonds. The summed E-state index contributed by atoms with van der Waals surface area (Å²) in [7, 11) is 0. The first kappa shape index (κ1) is 9.06. The van der Waals surface area contributed by atoms with E-state index in [1.807, 2.05) is 19.2 Å². The van der Waals surface area contributed by atoms with E-state index in [-0.39, 0.29) is 0 Å². The predicted octanol–water partition coefficient (Wildman–Crippen LogP) is 1.63. The van der Waals surface area contributed by atoms with Crippen LogP contribution in [0.25, 0.3) is 0 Å². The molecule has 1 N–H and O–H groups in total. The summed E-state index contributed by atoms with van der Waals surface area (Å²) in [5.41, 5.74) is 0.648. The van der Waals surface area contributed by atoms with Crippen molar-refractivity contribution in [2.45, 2.75) is 19.8 Å². The van der Waals surface area contributed by atoms with Crippen LogP contribution in [-0.2, 0) is 0 Å². The summed E-state index contributed by atoms with van der Waals surface area (Å²) >= 11 is 1.55. The second-order valence-corrected chi connectivity index (χ2v) is 3.71. The van der Waals surface area contributed by atoms with Crippen molar-refractivity contribution in [3.63, 3.8) is 0 Å². The Morgan fingerprint density at radius 1 is 1.67 bits per heavy atom. The minimum atomic E-state index is -1.25. The van der Waals surface area contributed by atoms with Crippen LogP contribution in [0.3, 0.4) is 0 Å². The second kappa shape index (κ2) is 3.58. The third-order valence-corrected chi connectivity index (χ3v) is 2.67. The molecule has 0 aliphatic rings. The van der Waals surface area contributed by atoms with E-state index in [1.165, 1.54) is 0 Å². The van der Waals surface area contributed by atoms with Crippen LogP contribution in [-0.4, -0.2) is 6.09 Å². The van der Waals surface area contributed by atoms with E-state index in [0.29, 0.717) is 11.6 Å². The van der Waals surface area contributed by atoms with E-state index in [4.69, 9.17) is 0 Å². The predicted molar refractivity (Wildman–Crippen MR) is 47.4 cm³/mol. The monoisotopic (exact) mass is 184 g/mol. The van der Waals surface area contributed by atoms with Gasteiger partial charge in [0.2, 0.25) is 0 Å². The molecule has 0 aromatic carbocycles. The molecule has 3 nitrogen and oxygen atoms in total. The topological polar surface area (TPSA) is 52.2 Å². The van der Waals surface area contributed by atoms with E-state index in [2.05, 4.69) is 5.32 Å². The van der Waals surface area contributed by atoms with Gasteiger partial charge in [0.15, 0.2) is 0 Å². The Hall–Kier alpha value is -1.03. The molecule has 1 aromatic heterocycles. The molecule has 0 saturated heterocycles. The number of rotatable bonds is 2. The van der Waals surface area contributed by atoms with Gasteiger partial charge >= 0.3 is 0 Å². The minimum Gasteiger partial charge on any atom is -0.530 e. The Morgan fingerprint density at radius 2 is 2.33 bits per heavy atom. The van der Waals surface area contributed by atoms with Gasteiger partial charge in [-0.2, -0.15) is 0 Å². The minimum absolute atomic E-state index is 0.340. The number of carbonyl (C=O) groups excluding carboxylic acids is 1. The van der Waals surface area contributed by atoms with Gasteiger partial charge in [0, 0.05) is 4.88 Å². The summed E-state index contributed by atoms with van der Waals surface area (Å²) in [5, 5.41) is 14.3. The van der Waals surface area contributed by atoms with Crippen LogP contribution in [0.15, 0.2) is 11.4 Å². The molecule has 66 valence electrons. The molecular formula is C8H10NO2S-. The van der Waals surface area contributed by atoms with E-state index < -0.39 is 6.09 Å². The third-order valence-electron chi connectivity index (χ3n) is 1.46. The SMILES string of the molecule is CC(C)c1sccc1NC(=O)[O-]. The van der Waals surface area contributed by atoms with Crippen molar-refractivity contribution in [1.82, 2.24) is 0 Å². The van der Waals surface area contributed by atoms with Crippen molar-refractivity contribution >= 4 is 23.1 Å². The molecule has 12 heavy (non-hydrogen) atoms. The number of carbonyl (C=O) groups is 1. The Bertz CT molecular complexity index is 280. The standard InChI is InChI=1S/C8H11NO2S/c1-5(2)7-6(3-4-12-7)9-8(10)11/h3-5,9H,1-2H3,(H,10,11)/p-1. The van der Waals surface area contributed by atoms with E-state index in [0.717, 1.165) is 4.88 Å². The van der Waals surface area contributed by atoms with Gasteiger partial charge < -0.3 is 15.2 Å². The highest BCUT2D eigenvalue weighted by molar-refractivity contribution is 7.10. The Kier molecular flexibility index (Phi) is 2.70. The average Bonchev–Trinajstić information content (AvgIpc) is 2.33. The highest BCUT2D eigenvalue weighted by Crippen LogP contribution is 2.29. The van der Waals surface area contributed by atoms with Crippen molar-refractivity contribution < 1.29 is 9.90 Å². The first-order valence-corrected chi connectivity index (χ1v) is 4.54. The lowest BCUT2D eigenvalue weighted by Gasteiger charge is -2.09. The molecule has 0 radical (unpaired) electrons. The quantitative estimate of drug-likeness (QED) is 0.759. The van der Waals surface area contributed by atoms with Crippen molar-refractivity contribution in [3.8, 4) is 0 Å². The Morgan fingerprint density at radius 3 is 2.83 bits per heavy atom. The molecule has 1 rings (SSSR count). The maximum absolute atomic E-state index is 10.2. The lowest BCUT2D eigenvalue weighted by atomic mass is 10.1. The molecule has 0 saturated carbocycles. The van der Waals surface area contributed by atoms with Crippen molar-refractivity contribution in [2.75, 3.05) is 5.32 Å². The van der Waals surface area contributed by atoms with Crippen LogP contribution < -0.4 is 10.4 Å². The largest absolute Gasteiger partial charge is 0.530 e. The number of hydrogen-bond donors (Lipinski definition) is 1. The van der Waals surface area contributed by atoms with Crippen molar-refractivity contribution in [3.05, 3.63) is 16.3 Å².